The molecule has 5 heteroatoms. The molecule has 0 aliphatic heterocycles. The molecule has 0 saturated carbocycles. The molecule has 1 heterocycles. The third-order valence-electron chi connectivity index (χ3n) is 3.38. The molecule has 3 rings (SSSR count). The zero-order valence-electron chi connectivity index (χ0n) is 12.2. The van der Waals surface area contributed by atoms with Crippen LogP contribution in [0.5, 0.6) is 0 Å². The molecule has 0 spiro atoms. The second-order valence-electron chi connectivity index (χ2n) is 5.05. The molecule has 23 heavy (non-hydrogen) atoms. The Balaban J connectivity index is 2.05. The summed E-state index contributed by atoms with van der Waals surface area (Å²) in [6.07, 6.45) is 0.234. The summed E-state index contributed by atoms with van der Waals surface area (Å²) in [7, 11) is 0. The number of hydrogen-bond donors (Lipinski definition) is 1. The minimum absolute atomic E-state index is 0.0190. The largest absolute Gasteiger partial charge is 0.481 e. The normalized spacial score (nSPS) is 10.7. The standard InChI is InChI=1S/C18H14ClNO3/c19-14-8-6-12(7-9-14)17-18(13-4-2-1-3-5-13)23-15(20-17)10-11-16(21)22/h1-9H,10-11H2,(H,21,22). The maximum Gasteiger partial charge on any atom is 0.303 e. The van der Waals surface area contributed by atoms with Gasteiger partial charge in [0.15, 0.2) is 11.7 Å². The molecular formula is C18H14ClNO3. The van der Waals surface area contributed by atoms with Gasteiger partial charge in [-0.3, -0.25) is 4.79 Å². The lowest BCUT2D eigenvalue weighted by atomic mass is 10.1. The van der Waals surface area contributed by atoms with Gasteiger partial charge in [-0.1, -0.05) is 54.1 Å². The Morgan fingerprint density at radius 2 is 1.74 bits per heavy atom. The van der Waals surface area contributed by atoms with Gasteiger partial charge in [0, 0.05) is 22.6 Å². The molecule has 3 aromatic rings. The Kier molecular flexibility index (Phi) is 4.44. The fourth-order valence-corrected chi connectivity index (χ4v) is 2.40. The lowest BCUT2D eigenvalue weighted by Gasteiger charge is -2.01. The quantitative estimate of drug-likeness (QED) is 0.739. The van der Waals surface area contributed by atoms with E-state index in [4.69, 9.17) is 21.1 Å². The van der Waals surface area contributed by atoms with Crippen LogP contribution in [-0.2, 0) is 11.2 Å². The van der Waals surface area contributed by atoms with Crippen LogP contribution in [-0.4, -0.2) is 16.1 Å². The minimum atomic E-state index is -0.877. The summed E-state index contributed by atoms with van der Waals surface area (Å²) in [4.78, 5) is 15.2. The summed E-state index contributed by atoms with van der Waals surface area (Å²) in [6, 6.07) is 16.9. The Morgan fingerprint density at radius 1 is 1.04 bits per heavy atom. The van der Waals surface area contributed by atoms with Gasteiger partial charge in [0.2, 0.25) is 0 Å². The van der Waals surface area contributed by atoms with Crippen LogP contribution in [0.2, 0.25) is 5.02 Å². The molecule has 0 atom stereocenters. The molecular weight excluding hydrogens is 314 g/mol. The summed E-state index contributed by atoms with van der Waals surface area (Å²) in [5.41, 5.74) is 2.46. The van der Waals surface area contributed by atoms with E-state index in [1.54, 1.807) is 12.1 Å². The summed E-state index contributed by atoms with van der Waals surface area (Å²) in [5, 5.41) is 9.47. The molecule has 0 aliphatic carbocycles. The number of aromatic nitrogens is 1. The highest BCUT2D eigenvalue weighted by Crippen LogP contribution is 2.33. The number of aryl methyl sites for hydroxylation is 1. The molecule has 0 aliphatic rings. The summed E-state index contributed by atoms with van der Waals surface area (Å²) >= 11 is 5.94. The monoisotopic (exact) mass is 327 g/mol. The molecule has 1 aromatic heterocycles. The molecule has 0 amide bonds. The average molecular weight is 328 g/mol. The fraction of sp³-hybridized carbons (Fsp3) is 0.111. The van der Waals surface area contributed by atoms with E-state index in [-0.39, 0.29) is 12.8 Å². The van der Waals surface area contributed by atoms with Gasteiger partial charge in [0.1, 0.15) is 5.69 Å². The number of carbonyl (C=O) groups is 1. The van der Waals surface area contributed by atoms with Crippen molar-refractivity contribution < 1.29 is 14.3 Å². The number of carboxylic acid groups (broad SMARTS) is 1. The number of aliphatic carboxylic acids is 1. The first-order chi connectivity index (χ1) is 11.1. The van der Waals surface area contributed by atoms with Crippen molar-refractivity contribution in [3.8, 4) is 22.6 Å². The maximum absolute atomic E-state index is 10.8. The predicted molar refractivity (Wildman–Crippen MR) is 88.3 cm³/mol. The molecule has 0 radical (unpaired) electrons. The Morgan fingerprint density at radius 3 is 2.39 bits per heavy atom. The van der Waals surface area contributed by atoms with E-state index in [1.807, 2.05) is 42.5 Å². The Hall–Kier alpha value is -2.59. The van der Waals surface area contributed by atoms with Gasteiger partial charge in [0.25, 0.3) is 0 Å². The molecule has 0 saturated heterocycles. The topological polar surface area (TPSA) is 63.3 Å². The molecule has 1 N–H and O–H groups in total. The predicted octanol–water partition coefficient (Wildman–Crippen LogP) is 4.68. The van der Waals surface area contributed by atoms with Gasteiger partial charge in [-0.15, -0.1) is 0 Å². The first kappa shape index (κ1) is 15.3. The van der Waals surface area contributed by atoms with E-state index in [0.717, 1.165) is 11.1 Å². The Labute approximate surface area is 138 Å². The highest BCUT2D eigenvalue weighted by atomic mass is 35.5. The number of halogens is 1. The van der Waals surface area contributed by atoms with Crippen molar-refractivity contribution in [1.29, 1.82) is 0 Å². The third kappa shape index (κ3) is 3.60. The average Bonchev–Trinajstić information content (AvgIpc) is 2.99. The van der Waals surface area contributed by atoms with Crippen LogP contribution < -0.4 is 0 Å². The lowest BCUT2D eigenvalue weighted by molar-refractivity contribution is -0.137. The first-order valence-electron chi connectivity index (χ1n) is 7.16. The number of benzene rings is 2. The molecule has 116 valence electrons. The zero-order chi connectivity index (χ0) is 16.2. The second kappa shape index (κ2) is 6.67. The van der Waals surface area contributed by atoms with E-state index in [0.29, 0.717) is 22.4 Å². The molecule has 0 bridgehead atoms. The van der Waals surface area contributed by atoms with E-state index in [9.17, 15) is 4.79 Å². The van der Waals surface area contributed by atoms with Crippen LogP contribution >= 0.6 is 11.6 Å². The highest BCUT2D eigenvalue weighted by molar-refractivity contribution is 6.30. The van der Waals surface area contributed by atoms with Crippen LogP contribution in [0.15, 0.2) is 59.0 Å². The van der Waals surface area contributed by atoms with Gasteiger partial charge in [-0.05, 0) is 12.1 Å². The molecule has 0 fully saturated rings. The highest BCUT2D eigenvalue weighted by Gasteiger charge is 2.17. The Bertz CT molecular complexity index is 810. The first-order valence-corrected chi connectivity index (χ1v) is 7.54. The third-order valence-corrected chi connectivity index (χ3v) is 3.63. The zero-order valence-corrected chi connectivity index (χ0v) is 13.0. The summed E-state index contributed by atoms with van der Waals surface area (Å²) < 4.78 is 5.83. The number of carboxylic acids is 1. The van der Waals surface area contributed by atoms with Gasteiger partial charge in [-0.2, -0.15) is 0 Å². The fourth-order valence-electron chi connectivity index (χ4n) is 2.27. The minimum Gasteiger partial charge on any atom is -0.481 e. The molecule has 2 aromatic carbocycles. The second-order valence-corrected chi connectivity index (χ2v) is 5.49. The van der Waals surface area contributed by atoms with Crippen LogP contribution in [0.25, 0.3) is 22.6 Å². The maximum atomic E-state index is 10.8. The molecule has 4 nitrogen and oxygen atoms in total. The smallest absolute Gasteiger partial charge is 0.303 e. The number of hydrogen-bond acceptors (Lipinski definition) is 3. The van der Waals surface area contributed by atoms with Crippen LogP contribution in [0.4, 0.5) is 0 Å². The van der Waals surface area contributed by atoms with Crippen molar-refractivity contribution >= 4 is 17.6 Å². The van der Waals surface area contributed by atoms with Gasteiger partial charge in [-0.25, -0.2) is 4.98 Å². The van der Waals surface area contributed by atoms with E-state index in [2.05, 4.69) is 4.98 Å². The van der Waals surface area contributed by atoms with Gasteiger partial charge >= 0.3 is 5.97 Å². The van der Waals surface area contributed by atoms with Gasteiger partial charge < -0.3 is 9.52 Å². The van der Waals surface area contributed by atoms with E-state index >= 15 is 0 Å². The van der Waals surface area contributed by atoms with Crippen LogP contribution in [0, 0.1) is 0 Å². The van der Waals surface area contributed by atoms with Crippen LogP contribution in [0.1, 0.15) is 12.3 Å². The van der Waals surface area contributed by atoms with Crippen molar-refractivity contribution in [2.75, 3.05) is 0 Å². The van der Waals surface area contributed by atoms with Crippen molar-refractivity contribution in [1.82, 2.24) is 4.98 Å². The van der Waals surface area contributed by atoms with E-state index in [1.165, 1.54) is 0 Å². The number of nitrogens with zero attached hydrogens (tertiary/aromatic N) is 1. The molecule has 0 unspecified atom stereocenters. The number of oxazole rings is 1. The van der Waals surface area contributed by atoms with Crippen LogP contribution in [0.3, 0.4) is 0 Å². The SMILES string of the molecule is O=C(O)CCc1nc(-c2ccc(Cl)cc2)c(-c2ccccc2)o1. The van der Waals surface area contributed by atoms with Crippen molar-refractivity contribution in [2.24, 2.45) is 0 Å². The van der Waals surface area contributed by atoms with Crippen molar-refractivity contribution in [3.05, 3.63) is 65.5 Å². The number of rotatable bonds is 5. The van der Waals surface area contributed by atoms with Gasteiger partial charge in [0.05, 0.1) is 6.42 Å². The van der Waals surface area contributed by atoms with Crippen molar-refractivity contribution in [2.45, 2.75) is 12.8 Å². The summed E-state index contributed by atoms with van der Waals surface area (Å²) in [5.74, 6) is 0.169. The van der Waals surface area contributed by atoms with E-state index < -0.39 is 5.97 Å². The van der Waals surface area contributed by atoms with Crippen molar-refractivity contribution in [3.63, 3.8) is 0 Å². The lowest BCUT2D eigenvalue weighted by Crippen LogP contribution is -1.97. The summed E-state index contributed by atoms with van der Waals surface area (Å²) in [6.45, 7) is 0.